The summed E-state index contributed by atoms with van der Waals surface area (Å²) in [6, 6.07) is 13.4. The van der Waals surface area contributed by atoms with Gasteiger partial charge in [0.15, 0.2) is 0 Å². The lowest BCUT2D eigenvalue weighted by molar-refractivity contribution is 0.0697. The summed E-state index contributed by atoms with van der Waals surface area (Å²) in [7, 11) is 2.04. The molecule has 0 aromatic heterocycles. The van der Waals surface area contributed by atoms with Crippen LogP contribution in [0.5, 0.6) is 0 Å². The summed E-state index contributed by atoms with van der Waals surface area (Å²) in [6.45, 7) is 4.94. The summed E-state index contributed by atoms with van der Waals surface area (Å²) in [5.41, 5.74) is 5.11. The Morgan fingerprint density at radius 1 is 1.10 bits per heavy atom. The Balaban J connectivity index is 2.14. The van der Waals surface area contributed by atoms with Crippen LogP contribution in [-0.4, -0.2) is 18.1 Å². The van der Waals surface area contributed by atoms with E-state index in [-0.39, 0.29) is 0 Å². The van der Waals surface area contributed by atoms with Crippen LogP contribution in [0.2, 0.25) is 0 Å². The highest BCUT2D eigenvalue weighted by Gasteiger charge is 2.07. The summed E-state index contributed by atoms with van der Waals surface area (Å²) >= 11 is 0. The minimum absolute atomic E-state index is 0.322. The fraction of sp³-hybridized carbons (Fsp3) is 0.235. The van der Waals surface area contributed by atoms with E-state index >= 15 is 0 Å². The molecule has 1 N–H and O–H groups in total. The minimum Gasteiger partial charge on any atom is -0.478 e. The molecule has 3 nitrogen and oxygen atoms in total. The number of carboxylic acid groups (broad SMARTS) is 1. The van der Waals surface area contributed by atoms with Crippen molar-refractivity contribution in [2.75, 3.05) is 11.9 Å². The van der Waals surface area contributed by atoms with Gasteiger partial charge in [0.05, 0.1) is 5.56 Å². The number of hydrogen-bond donors (Lipinski definition) is 1. The summed E-state index contributed by atoms with van der Waals surface area (Å²) in [5.74, 6) is -0.890. The average molecular weight is 269 g/mol. The number of hydrogen-bond acceptors (Lipinski definition) is 2. The zero-order chi connectivity index (χ0) is 14.7. The van der Waals surface area contributed by atoms with E-state index < -0.39 is 5.97 Å². The molecule has 0 fully saturated rings. The largest absolute Gasteiger partial charge is 0.478 e. The first-order chi connectivity index (χ1) is 9.47. The van der Waals surface area contributed by atoms with Gasteiger partial charge in [0.2, 0.25) is 0 Å². The zero-order valence-corrected chi connectivity index (χ0v) is 12.1. The van der Waals surface area contributed by atoms with Gasteiger partial charge in [-0.05, 0) is 43.2 Å². The fourth-order valence-electron chi connectivity index (χ4n) is 2.35. The van der Waals surface area contributed by atoms with E-state index in [0.717, 1.165) is 12.1 Å². The highest BCUT2D eigenvalue weighted by molar-refractivity contribution is 5.87. The first-order valence-corrected chi connectivity index (χ1v) is 6.58. The number of benzene rings is 2. The molecular formula is C17H19NO2. The molecule has 2 aromatic rings. The van der Waals surface area contributed by atoms with E-state index in [1.165, 1.54) is 16.8 Å². The molecule has 0 aliphatic heterocycles. The van der Waals surface area contributed by atoms with Gasteiger partial charge in [0.25, 0.3) is 0 Å². The van der Waals surface area contributed by atoms with Crippen molar-refractivity contribution in [1.29, 1.82) is 0 Å². The lowest BCUT2D eigenvalue weighted by atomic mass is 10.1. The van der Waals surface area contributed by atoms with Crippen molar-refractivity contribution in [2.45, 2.75) is 20.4 Å². The Morgan fingerprint density at radius 2 is 1.75 bits per heavy atom. The summed E-state index contributed by atoms with van der Waals surface area (Å²) in [5, 5.41) is 8.89. The zero-order valence-electron chi connectivity index (χ0n) is 12.1. The van der Waals surface area contributed by atoms with E-state index in [2.05, 4.69) is 36.9 Å². The van der Waals surface area contributed by atoms with Crippen LogP contribution in [0.25, 0.3) is 0 Å². The van der Waals surface area contributed by atoms with Crippen LogP contribution in [0, 0.1) is 13.8 Å². The summed E-state index contributed by atoms with van der Waals surface area (Å²) in [4.78, 5) is 13.0. The van der Waals surface area contributed by atoms with Gasteiger partial charge in [0.1, 0.15) is 0 Å². The standard InChI is InChI=1S/C17H19NO2/c1-12-4-9-16(13(2)10-12)18(3)11-14-5-7-15(8-6-14)17(19)20/h4-10H,11H2,1-3H3,(H,19,20). The molecule has 2 aromatic carbocycles. The maximum atomic E-state index is 10.8. The monoisotopic (exact) mass is 269 g/mol. The molecule has 2 rings (SSSR count). The first kappa shape index (κ1) is 14.1. The number of carboxylic acids is 1. The fourth-order valence-corrected chi connectivity index (χ4v) is 2.35. The van der Waals surface area contributed by atoms with Crippen molar-refractivity contribution in [1.82, 2.24) is 0 Å². The molecule has 0 saturated heterocycles. The molecule has 0 amide bonds. The number of aromatic carboxylic acids is 1. The number of aryl methyl sites for hydroxylation is 2. The second kappa shape index (κ2) is 5.78. The Labute approximate surface area is 119 Å². The van der Waals surface area contributed by atoms with Gasteiger partial charge in [-0.15, -0.1) is 0 Å². The quantitative estimate of drug-likeness (QED) is 0.921. The number of anilines is 1. The number of rotatable bonds is 4. The molecule has 0 aliphatic rings. The van der Waals surface area contributed by atoms with Gasteiger partial charge in [-0.25, -0.2) is 4.79 Å². The molecule has 20 heavy (non-hydrogen) atoms. The Hall–Kier alpha value is -2.29. The maximum absolute atomic E-state index is 10.8. The second-order valence-corrected chi connectivity index (χ2v) is 5.15. The Bertz CT molecular complexity index is 617. The molecule has 104 valence electrons. The third-order valence-electron chi connectivity index (χ3n) is 3.38. The SMILES string of the molecule is Cc1ccc(N(C)Cc2ccc(C(=O)O)cc2)c(C)c1. The van der Waals surface area contributed by atoms with Crippen LogP contribution >= 0.6 is 0 Å². The topological polar surface area (TPSA) is 40.5 Å². The van der Waals surface area contributed by atoms with Gasteiger partial charge in [-0.2, -0.15) is 0 Å². The van der Waals surface area contributed by atoms with Crippen LogP contribution < -0.4 is 4.90 Å². The van der Waals surface area contributed by atoms with Gasteiger partial charge in [-0.3, -0.25) is 0 Å². The lowest BCUT2D eigenvalue weighted by Crippen LogP contribution is -2.17. The highest BCUT2D eigenvalue weighted by Crippen LogP contribution is 2.21. The van der Waals surface area contributed by atoms with E-state index in [1.807, 2.05) is 19.2 Å². The summed E-state index contributed by atoms with van der Waals surface area (Å²) in [6.07, 6.45) is 0. The van der Waals surface area contributed by atoms with Gasteiger partial charge >= 0.3 is 5.97 Å². The van der Waals surface area contributed by atoms with Crippen molar-refractivity contribution in [3.05, 3.63) is 64.7 Å². The molecule has 0 radical (unpaired) electrons. The van der Waals surface area contributed by atoms with Gasteiger partial charge < -0.3 is 10.0 Å². The van der Waals surface area contributed by atoms with Crippen LogP contribution in [0.4, 0.5) is 5.69 Å². The lowest BCUT2D eigenvalue weighted by Gasteiger charge is -2.22. The molecule has 3 heteroatoms. The molecular weight excluding hydrogens is 250 g/mol. The molecule has 0 saturated carbocycles. The molecule has 0 atom stereocenters. The summed E-state index contributed by atoms with van der Waals surface area (Å²) < 4.78 is 0. The van der Waals surface area contributed by atoms with Crippen molar-refractivity contribution in [3.63, 3.8) is 0 Å². The predicted octanol–water partition coefficient (Wildman–Crippen LogP) is 3.64. The first-order valence-electron chi connectivity index (χ1n) is 6.58. The average Bonchev–Trinajstić information content (AvgIpc) is 2.39. The van der Waals surface area contributed by atoms with E-state index in [9.17, 15) is 4.79 Å². The third kappa shape index (κ3) is 3.18. The van der Waals surface area contributed by atoms with Crippen LogP contribution in [0.1, 0.15) is 27.0 Å². The predicted molar refractivity (Wildman–Crippen MR) is 81.4 cm³/mol. The molecule has 0 bridgehead atoms. The van der Waals surface area contributed by atoms with Gasteiger partial charge in [0, 0.05) is 19.3 Å². The highest BCUT2D eigenvalue weighted by atomic mass is 16.4. The smallest absolute Gasteiger partial charge is 0.335 e. The van der Waals surface area contributed by atoms with Crippen LogP contribution in [0.15, 0.2) is 42.5 Å². The van der Waals surface area contributed by atoms with Crippen LogP contribution in [0.3, 0.4) is 0 Å². The molecule has 0 heterocycles. The molecule has 0 spiro atoms. The van der Waals surface area contributed by atoms with Gasteiger partial charge in [-0.1, -0.05) is 29.8 Å². The maximum Gasteiger partial charge on any atom is 0.335 e. The van der Waals surface area contributed by atoms with E-state index in [1.54, 1.807) is 12.1 Å². The minimum atomic E-state index is -0.890. The Morgan fingerprint density at radius 3 is 2.30 bits per heavy atom. The molecule has 0 aliphatic carbocycles. The van der Waals surface area contributed by atoms with Crippen molar-refractivity contribution >= 4 is 11.7 Å². The second-order valence-electron chi connectivity index (χ2n) is 5.15. The van der Waals surface area contributed by atoms with Crippen molar-refractivity contribution in [2.24, 2.45) is 0 Å². The van der Waals surface area contributed by atoms with Crippen molar-refractivity contribution < 1.29 is 9.90 Å². The molecule has 0 unspecified atom stereocenters. The number of carbonyl (C=O) groups is 1. The third-order valence-corrected chi connectivity index (χ3v) is 3.38. The number of nitrogens with zero attached hydrogens (tertiary/aromatic N) is 1. The van der Waals surface area contributed by atoms with Crippen molar-refractivity contribution in [3.8, 4) is 0 Å². The Kier molecular flexibility index (Phi) is 4.08. The normalized spacial score (nSPS) is 10.3. The van der Waals surface area contributed by atoms with E-state index in [4.69, 9.17) is 5.11 Å². The van der Waals surface area contributed by atoms with Crippen LogP contribution in [-0.2, 0) is 6.54 Å². The van der Waals surface area contributed by atoms with E-state index in [0.29, 0.717) is 5.56 Å².